The molecule has 110 valence electrons. The summed E-state index contributed by atoms with van der Waals surface area (Å²) in [7, 11) is 0. The second kappa shape index (κ2) is 7.84. The third kappa shape index (κ3) is 5.60. The van der Waals surface area contributed by atoms with Crippen LogP contribution >= 0.6 is 11.8 Å². The smallest absolute Gasteiger partial charge is 0.230 e. The maximum Gasteiger partial charge on any atom is 0.230 e. The first kappa shape index (κ1) is 15.6. The van der Waals surface area contributed by atoms with Crippen molar-refractivity contribution < 1.29 is 4.79 Å². The number of pyridine rings is 1. The molecule has 2 aromatic rings. The second-order valence-corrected chi connectivity index (χ2v) is 6.11. The quantitative estimate of drug-likeness (QED) is 0.890. The van der Waals surface area contributed by atoms with E-state index in [0.717, 1.165) is 11.3 Å². The zero-order chi connectivity index (χ0) is 15.1. The highest BCUT2D eigenvalue weighted by atomic mass is 32.2. The van der Waals surface area contributed by atoms with Crippen molar-refractivity contribution in [3.05, 3.63) is 65.0 Å². The van der Waals surface area contributed by atoms with Crippen LogP contribution in [0.2, 0.25) is 0 Å². The Morgan fingerprint density at radius 1 is 1.19 bits per heavy atom. The summed E-state index contributed by atoms with van der Waals surface area (Å²) in [5, 5.41) is 2.91. The van der Waals surface area contributed by atoms with Crippen molar-refractivity contribution in [1.82, 2.24) is 10.3 Å². The first-order valence-corrected chi connectivity index (χ1v) is 8.09. The number of thioether (sulfide) groups is 1. The van der Waals surface area contributed by atoms with Crippen molar-refractivity contribution in [2.45, 2.75) is 26.1 Å². The van der Waals surface area contributed by atoms with Crippen molar-refractivity contribution in [2.75, 3.05) is 5.75 Å². The number of rotatable bonds is 6. The number of nitrogens with zero attached hydrogens (tertiary/aromatic N) is 1. The lowest BCUT2D eigenvalue weighted by molar-refractivity contribution is -0.118. The Balaban J connectivity index is 1.72. The second-order valence-electron chi connectivity index (χ2n) is 5.13. The van der Waals surface area contributed by atoms with Gasteiger partial charge in [-0.2, -0.15) is 0 Å². The number of benzene rings is 1. The van der Waals surface area contributed by atoms with Crippen molar-refractivity contribution in [3.63, 3.8) is 0 Å². The molecule has 0 saturated carbocycles. The lowest BCUT2D eigenvalue weighted by atomic mass is 10.1. The van der Waals surface area contributed by atoms with Gasteiger partial charge in [-0.15, -0.1) is 11.8 Å². The molecule has 0 unspecified atom stereocenters. The van der Waals surface area contributed by atoms with Crippen molar-refractivity contribution in [1.29, 1.82) is 0 Å². The van der Waals surface area contributed by atoms with Crippen LogP contribution in [-0.4, -0.2) is 16.6 Å². The first-order valence-electron chi connectivity index (χ1n) is 6.94. The fourth-order valence-electron chi connectivity index (χ4n) is 2.17. The Hall–Kier alpha value is -1.81. The molecule has 3 nitrogen and oxygen atoms in total. The molecular weight excluding hydrogens is 280 g/mol. The standard InChI is InChI=1S/C17H20N2OS/c1-13-6-14(2)8-16(7-13)11-21-12-17(20)19-10-15-4-3-5-18-9-15/h3-9H,10-12H2,1-2H3,(H,19,20). The van der Waals surface area contributed by atoms with E-state index in [1.165, 1.54) is 16.7 Å². The number of hydrogen-bond acceptors (Lipinski definition) is 3. The van der Waals surface area contributed by atoms with Gasteiger partial charge >= 0.3 is 0 Å². The first-order chi connectivity index (χ1) is 10.1. The molecule has 0 aliphatic carbocycles. The molecule has 0 atom stereocenters. The van der Waals surface area contributed by atoms with E-state index in [4.69, 9.17) is 0 Å². The average molecular weight is 300 g/mol. The zero-order valence-electron chi connectivity index (χ0n) is 12.4. The predicted molar refractivity (Wildman–Crippen MR) is 88.2 cm³/mol. The number of nitrogens with one attached hydrogen (secondary N) is 1. The van der Waals surface area contributed by atoms with Gasteiger partial charge in [0.05, 0.1) is 5.75 Å². The van der Waals surface area contributed by atoms with Crippen LogP contribution < -0.4 is 5.32 Å². The van der Waals surface area contributed by atoms with Gasteiger partial charge in [-0.05, 0) is 31.0 Å². The topological polar surface area (TPSA) is 42.0 Å². The summed E-state index contributed by atoms with van der Waals surface area (Å²) in [6.07, 6.45) is 3.49. The van der Waals surface area contributed by atoms with Crippen LogP contribution in [0.25, 0.3) is 0 Å². The SMILES string of the molecule is Cc1cc(C)cc(CSCC(=O)NCc2cccnc2)c1. The van der Waals surface area contributed by atoms with Gasteiger partial charge in [-0.1, -0.05) is 35.4 Å². The van der Waals surface area contributed by atoms with E-state index in [-0.39, 0.29) is 5.91 Å². The highest BCUT2D eigenvalue weighted by Gasteiger charge is 2.03. The molecule has 1 amide bonds. The third-order valence-corrected chi connectivity index (χ3v) is 4.00. The van der Waals surface area contributed by atoms with E-state index in [0.29, 0.717) is 12.3 Å². The highest BCUT2D eigenvalue weighted by Crippen LogP contribution is 2.15. The zero-order valence-corrected chi connectivity index (χ0v) is 13.2. The molecule has 0 aliphatic rings. The number of aromatic nitrogens is 1. The Morgan fingerprint density at radius 3 is 2.62 bits per heavy atom. The molecule has 0 spiro atoms. The van der Waals surface area contributed by atoms with Crippen molar-refractivity contribution >= 4 is 17.7 Å². The molecule has 0 bridgehead atoms. The maximum atomic E-state index is 11.8. The minimum atomic E-state index is 0.0632. The molecule has 0 aliphatic heterocycles. The molecule has 1 heterocycles. The fourth-order valence-corrected chi connectivity index (χ4v) is 2.96. The van der Waals surface area contributed by atoms with Crippen LogP contribution in [0.15, 0.2) is 42.7 Å². The fraction of sp³-hybridized carbons (Fsp3) is 0.294. The van der Waals surface area contributed by atoms with Crippen LogP contribution in [0.5, 0.6) is 0 Å². The van der Waals surface area contributed by atoms with E-state index in [2.05, 4.69) is 42.3 Å². The van der Waals surface area contributed by atoms with Crippen molar-refractivity contribution in [3.8, 4) is 0 Å². The average Bonchev–Trinajstić information content (AvgIpc) is 2.45. The van der Waals surface area contributed by atoms with Crippen molar-refractivity contribution in [2.24, 2.45) is 0 Å². The molecule has 1 aromatic carbocycles. The monoisotopic (exact) mass is 300 g/mol. The number of carbonyl (C=O) groups is 1. The van der Waals surface area contributed by atoms with Gasteiger partial charge in [0.2, 0.25) is 5.91 Å². The van der Waals surface area contributed by atoms with Gasteiger partial charge in [0.1, 0.15) is 0 Å². The van der Waals surface area contributed by atoms with Gasteiger partial charge in [0, 0.05) is 24.7 Å². The summed E-state index contributed by atoms with van der Waals surface area (Å²) < 4.78 is 0. The highest BCUT2D eigenvalue weighted by molar-refractivity contribution is 7.99. The van der Waals surface area contributed by atoms with Crippen LogP contribution in [0, 0.1) is 13.8 Å². The van der Waals surface area contributed by atoms with E-state index >= 15 is 0 Å². The minimum absolute atomic E-state index is 0.0632. The molecule has 0 radical (unpaired) electrons. The van der Waals surface area contributed by atoms with Crippen LogP contribution in [0.4, 0.5) is 0 Å². The van der Waals surface area contributed by atoms with E-state index in [9.17, 15) is 4.79 Å². The summed E-state index contributed by atoms with van der Waals surface area (Å²) >= 11 is 1.64. The Bertz CT molecular complexity index is 579. The number of amides is 1. The van der Waals surface area contributed by atoms with Gasteiger partial charge in [-0.3, -0.25) is 9.78 Å². The van der Waals surface area contributed by atoms with Crippen LogP contribution in [-0.2, 0) is 17.1 Å². The van der Waals surface area contributed by atoms with E-state index < -0.39 is 0 Å². The molecule has 2 rings (SSSR count). The largest absolute Gasteiger partial charge is 0.351 e. The predicted octanol–water partition coefficient (Wildman–Crippen LogP) is 3.25. The summed E-state index contributed by atoms with van der Waals surface area (Å²) in [6, 6.07) is 10.3. The Labute approximate surface area is 130 Å². The summed E-state index contributed by atoms with van der Waals surface area (Å²) in [5.74, 6) is 1.41. The lowest BCUT2D eigenvalue weighted by Gasteiger charge is -2.06. The number of aryl methyl sites for hydroxylation is 2. The third-order valence-electron chi connectivity index (χ3n) is 3.00. The number of carbonyl (C=O) groups excluding carboxylic acids is 1. The molecule has 21 heavy (non-hydrogen) atoms. The van der Waals surface area contributed by atoms with E-state index in [1.807, 2.05) is 12.1 Å². The van der Waals surface area contributed by atoms with Crippen LogP contribution in [0.1, 0.15) is 22.3 Å². The maximum absolute atomic E-state index is 11.8. The lowest BCUT2D eigenvalue weighted by Crippen LogP contribution is -2.24. The van der Waals surface area contributed by atoms with E-state index in [1.54, 1.807) is 24.2 Å². The summed E-state index contributed by atoms with van der Waals surface area (Å²) in [6.45, 7) is 4.74. The Morgan fingerprint density at radius 2 is 1.95 bits per heavy atom. The minimum Gasteiger partial charge on any atom is -0.351 e. The summed E-state index contributed by atoms with van der Waals surface area (Å²) in [5.41, 5.74) is 4.83. The molecule has 0 saturated heterocycles. The Kier molecular flexibility index (Phi) is 5.81. The molecule has 1 N–H and O–H groups in total. The van der Waals surface area contributed by atoms with Gasteiger partial charge in [0.25, 0.3) is 0 Å². The molecular formula is C17H20N2OS. The van der Waals surface area contributed by atoms with Gasteiger partial charge < -0.3 is 5.32 Å². The molecule has 0 fully saturated rings. The number of hydrogen-bond donors (Lipinski definition) is 1. The summed E-state index contributed by atoms with van der Waals surface area (Å²) in [4.78, 5) is 15.8. The van der Waals surface area contributed by atoms with Crippen LogP contribution in [0.3, 0.4) is 0 Å². The molecule has 4 heteroatoms. The normalized spacial score (nSPS) is 10.4. The van der Waals surface area contributed by atoms with Gasteiger partial charge in [0.15, 0.2) is 0 Å². The van der Waals surface area contributed by atoms with Gasteiger partial charge in [-0.25, -0.2) is 0 Å². The molecule has 1 aromatic heterocycles.